The third-order valence-electron chi connectivity index (χ3n) is 3.30. The molecule has 0 radical (unpaired) electrons. The second-order valence-electron chi connectivity index (χ2n) is 5.07. The van der Waals surface area contributed by atoms with Crippen LogP contribution >= 0.6 is 23.5 Å². The largest absolute Gasteiger partial charge is 0.295 e. The summed E-state index contributed by atoms with van der Waals surface area (Å²) >= 11 is 1.41. The van der Waals surface area contributed by atoms with Crippen LogP contribution < -0.4 is 0 Å². The van der Waals surface area contributed by atoms with Crippen molar-refractivity contribution in [2.75, 3.05) is 0 Å². The maximum Gasteiger partial charge on any atom is 0.295 e. The van der Waals surface area contributed by atoms with Gasteiger partial charge in [-0.15, -0.1) is 0 Å². The number of nitrogens with zero attached hydrogens (tertiary/aromatic N) is 2. The first kappa shape index (κ1) is 22.0. The molecule has 0 amide bonds. The van der Waals surface area contributed by atoms with Gasteiger partial charge in [0, 0.05) is 9.79 Å². The molecular weight excluding hydrogens is 444 g/mol. The minimum Gasteiger partial charge on any atom is -0.282 e. The molecule has 0 bridgehead atoms. The minimum absolute atomic E-state index is 0.0431. The zero-order valence-electron chi connectivity index (χ0n) is 13.7. The molecule has 0 saturated heterocycles. The van der Waals surface area contributed by atoms with Crippen LogP contribution in [0.4, 0.5) is 0 Å². The summed E-state index contributed by atoms with van der Waals surface area (Å²) in [6.07, 6.45) is 2.48. The Balaban J connectivity index is 2.58. The van der Waals surface area contributed by atoms with Gasteiger partial charge in [-0.3, -0.25) is 9.11 Å². The number of hydrogen-bond donors (Lipinski definition) is 2. The molecule has 0 aliphatic carbocycles. The van der Waals surface area contributed by atoms with E-state index in [1.807, 2.05) is 0 Å². The standard InChI is InChI=1S/C16H10N2O6S4/c17-9-25-13-5-3-11(15(7-13)27(19,20)21)1-2-12-4-6-14(26-10-18)8-16(12)28(22,23)24/h1-8H,(H,19,20,21)(H,22,23,24)/b2-1+. The Morgan fingerprint density at radius 2 is 1.11 bits per heavy atom. The van der Waals surface area contributed by atoms with Crippen LogP contribution in [0.1, 0.15) is 11.1 Å². The van der Waals surface area contributed by atoms with Crippen LogP contribution in [-0.2, 0) is 20.2 Å². The van der Waals surface area contributed by atoms with Gasteiger partial charge in [0.1, 0.15) is 20.6 Å². The zero-order valence-corrected chi connectivity index (χ0v) is 16.9. The van der Waals surface area contributed by atoms with E-state index < -0.39 is 30.0 Å². The first-order valence-corrected chi connectivity index (χ1v) is 11.6. The highest BCUT2D eigenvalue weighted by atomic mass is 32.2. The highest BCUT2D eigenvalue weighted by Crippen LogP contribution is 2.28. The molecule has 2 N–H and O–H groups in total. The monoisotopic (exact) mass is 454 g/mol. The van der Waals surface area contributed by atoms with Crippen molar-refractivity contribution in [3.05, 3.63) is 47.5 Å². The number of benzene rings is 2. The molecule has 0 aromatic heterocycles. The predicted molar refractivity (Wildman–Crippen MR) is 104 cm³/mol. The van der Waals surface area contributed by atoms with Gasteiger partial charge in [-0.05, 0) is 58.9 Å². The summed E-state index contributed by atoms with van der Waals surface area (Å²) in [5, 5.41) is 20.9. The molecule has 0 heterocycles. The summed E-state index contributed by atoms with van der Waals surface area (Å²) in [7, 11) is -9.22. The molecule has 2 rings (SSSR count). The molecule has 144 valence electrons. The van der Waals surface area contributed by atoms with Gasteiger partial charge in [0.15, 0.2) is 0 Å². The molecule has 0 fully saturated rings. The number of hydrogen-bond acceptors (Lipinski definition) is 8. The molecule has 2 aromatic rings. The fourth-order valence-corrected chi connectivity index (χ4v) is 4.57. The smallest absolute Gasteiger partial charge is 0.282 e. The van der Waals surface area contributed by atoms with Crippen LogP contribution in [0.15, 0.2) is 56.0 Å². The quantitative estimate of drug-likeness (QED) is 0.286. The van der Waals surface area contributed by atoms with Gasteiger partial charge in [-0.1, -0.05) is 24.3 Å². The molecule has 0 aliphatic rings. The predicted octanol–water partition coefficient (Wildman–Crippen LogP) is 3.50. The van der Waals surface area contributed by atoms with E-state index in [9.17, 15) is 25.9 Å². The van der Waals surface area contributed by atoms with Gasteiger partial charge in [0.05, 0.1) is 0 Å². The van der Waals surface area contributed by atoms with Crippen LogP contribution in [0.25, 0.3) is 12.2 Å². The van der Waals surface area contributed by atoms with E-state index >= 15 is 0 Å². The van der Waals surface area contributed by atoms with Crippen LogP contribution in [0.5, 0.6) is 0 Å². The summed E-state index contributed by atoms with van der Waals surface area (Å²) in [5.41, 5.74) is 0.0862. The molecule has 0 aliphatic heterocycles. The summed E-state index contributed by atoms with van der Waals surface area (Å²) < 4.78 is 65.3. The Kier molecular flexibility index (Phi) is 6.90. The van der Waals surface area contributed by atoms with Crippen LogP contribution in [-0.4, -0.2) is 25.9 Å². The maximum absolute atomic E-state index is 11.6. The Morgan fingerprint density at radius 1 is 0.750 bits per heavy atom. The molecule has 2 aromatic carbocycles. The Morgan fingerprint density at radius 3 is 1.39 bits per heavy atom. The second kappa shape index (κ2) is 8.79. The van der Waals surface area contributed by atoms with Gasteiger partial charge >= 0.3 is 0 Å². The van der Waals surface area contributed by atoms with Gasteiger partial charge in [-0.25, -0.2) is 0 Å². The van der Waals surface area contributed by atoms with Gasteiger partial charge in [0.2, 0.25) is 0 Å². The second-order valence-corrected chi connectivity index (χ2v) is 9.57. The highest BCUT2D eigenvalue weighted by Gasteiger charge is 2.17. The molecule has 0 saturated carbocycles. The Hall–Kier alpha value is -2.32. The van der Waals surface area contributed by atoms with Crippen molar-refractivity contribution in [3.63, 3.8) is 0 Å². The van der Waals surface area contributed by atoms with E-state index in [2.05, 4.69) is 0 Å². The van der Waals surface area contributed by atoms with Crippen molar-refractivity contribution in [1.29, 1.82) is 10.5 Å². The van der Waals surface area contributed by atoms with Crippen molar-refractivity contribution >= 4 is 55.9 Å². The normalized spacial score (nSPS) is 11.9. The van der Waals surface area contributed by atoms with E-state index in [1.54, 1.807) is 10.8 Å². The lowest BCUT2D eigenvalue weighted by atomic mass is 10.1. The first-order chi connectivity index (χ1) is 13.1. The fourth-order valence-electron chi connectivity index (χ4n) is 2.16. The molecule has 0 spiro atoms. The number of thiocyanates is 2. The fraction of sp³-hybridized carbons (Fsp3) is 0. The van der Waals surface area contributed by atoms with E-state index in [-0.39, 0.29) is 11.1 Å². The molecule has 28 heavy (non-hydrogen) atoms. The molecular formula is C16H10N2O6S4. The topological polar surface area (TPSA) is 156 Å². The highest BCUT2D eigenvalue weighted by molar-refractivity contribution is 8.04. The summed E-state index contributed by atoms with van der Waals surface area (Å²) in [4.78, 5) is -0.337. The average Bonchev–Trinajstić information content (AvgIpc) is 2.60. The van der Waals surface area contributed by atoms with Crippen LogP contribution in [0.2, 0.25) is 0 Å². The van der Waals surface area contributed by atoms with E-state index in [0.717, 1.165) is 12.1 Å². The lowest BCUT2D eigenvalue weighted by Gasteiger charge is -2.07. The summed E-state index contributed by atoms with van der Waals surface area (Å²) in [5.74, 6) is 0. The SMILES string of the molecule is N#CSc1ccc(/C=C/c2ccc(SC#N)cc2S(=O)(=O)O)c(S(=O)(=O)O)c1. The lowest BCUT2D eigenvalue weighted by Crippen LogP contribution is -2.02. The van der Waals surface area contributed by atoms with E-state index in [1.165, 1.54) is 36.4 Å². The van der Waals surface area contributed by atoms with Crippen LogP contribution in [0, 0.1) is 21.3 Å². The van der Waals surface area contributed by atoms with Crippen molar-refractivity contribution in [2.24, 2.45) is 0 Å². The minimum atomic E-state index is -4.61. The third-order valence-corrected chi connectivity index (χ3v) is 6.28. The first-order valence-electron chi connectivity index (χ1n) is 7.09. The van der Waals surface area contributed by atoms with Crippen molar-refractivity contribution in [2.45, 2.75) is 19.6 Å². The number of rotatable bonds is 6. The average molecular weight is 455 g/mol. The van der Waals surface area contributed by atoms with Gasteiger partial charge < -0.3 is 0 Å². The zero-order chi connectivity index (χ0) is 20.9. The lowest BCUT2D eigenvalue weighted by molar-refractivity contribution is 0.480. The summed E-state index contributed by atoms with van der Waals surface area (Å²) in [6.45, 7) is 0. The van der Waals surface area contributed by atoms with Crippen molar-refractivity contribution in [1.82, 2.24) is 0 Å². The Labute approximate surface area is 170 Å². The molecule has 8 nitrogen and oxygen atoms in total. The van der Waals surface area contributed by atoms with E-state index in [0.29, 0.717) is 33.3 Å². The molecule has 0 unspecified atom stereocenters. The molecule has 0 atom stereocenters. The van der Waals surface area contributed by atoms with E-state index in [4.69, 9.17) is 10.5 Å². The number of thioether (sulfide) groups is 2. The Bertz CT molecular complexity index is 1140. The number of nitriles is 2. The molecule has 12 heteroatoms. The van der Waals surface area contributed by atoms with Gasteiger partial charge in [-0.2, -0.15) is 27.4 Å². The maximum atomic E-state index is 11.6. The third kappa shape index (κ3) is 5.59. The van der Waals surface area contributed by atoms with Gasteiger partial charge in [0.25, 0.3) is 20.2 Å². The van der Waals surface area contributed by atoms with Crippen LogP contribution in [0.3, 0.4) is 0 Å². The van der Waals surface area contributed by atoms with Crippen molar-refractivity contribution in [3.8, 4) is 10.8 Å². The summed E-state index contributed by atoms with van der Waals surface area (Å²) in [6, 6.07) is 7.81. The van der Waals surface area contributed by atoms with Crippen molar-refractivity contribution < 1.29 is 25.9 Å².